The molecule has 0 saturated heterocycles. The van der Waals surface area contributed by atoms with Crippen molar-refractivity contribution in [2.24, 2.45) is 0 Å². The maximum atomic E-state index is 12.6. The third kappa shape index (κ3) is 5.40. The fourth-order valence-corrected chi connectivity index (χ4v) is 3.10. The van der Waals surface area contributed by atoms with Gasteiger partial charge in [-0.25, -0.2) is 0 Å². The molecular weight excluding hydrogens is 429 g/mol. The first-order valence-corrected chi connectivity index (χ1v) is 9.69. The third-order valence-electron chi connectivity index (χ3n) is 4.05. The summed E-state index contributed by atoms with van der Waals surface area (Å²) in [5, 5.41) is 10.9. The zero-order chi connectivity index (χ0) is 20.8. The Hall–Kier alpha value is -2.77. The number of nitriles is 1. The maximum absolute atomic E-state index is 12.6. The number of carbonyl (C=O) groups is 1. The van der Waals surface area contributed by atoms with Crippen LogP contribution in [-0.2, 0) is 6.61 Å². The van der Waals surface area contributed by atoms with Gasteiger partial charge in [-0.1, -0.05) is 71.2 Å². The highest BCUT2D eigenvalue weighted by atomic mass is 35.5. The number of nitrogens with zero attached hydrogens (tertiary/aromatic N) is 1. The minimum Gasteiger partial charge on any atom is -0.488 e. The minimum atomic E-state index is -0.372. The Kier molecular flexibility index (Phi) is 6.95. The lowest BCUT2D eigenvalue weighted by atomic mass is 10.0. The molecule has 3 aromatic rings. The minimum absolute atomic E-state index is 0.0159. The van der Waals surface area contributed by atoms with Crippen molar-refractivity contribution >= 4 is 46.7 Å². The van der Waals surface area contributed by atoms with Gasteiger partial charge in [0.15, 0.2) is 0 Å². The van der Waals surface area contributed by atoms with E-state index in [0.717, 1.165) is 5.56 Å². The molecule has 3 nitrogen and oxygen atoms in total. The highest BCUT2D eigenvalue weighted by Crippen LogP contribution is 2.28. The number of carbonyl (C=O) groups excluding carboxylic acids is 1. The average Bonchev–Trinajstić information content (AvgIpc) is 2.74. The van der Waals surface area contributed by atoms with Crippen molar-refractivity contribution in [1.29, 1.82) is 5.26 Å². The molecule has 0 amide bonds. The van der Waals surface area contributed by atoms with Gasteiger partial charge in [-0.15, -0.1) is 0 Å². The molecule has 144 valence electrons. The summed E-state index contributed by atoms with van der Waals surface area (Å²) >= 11 is 18.1. The van der Waals surface area contributed by atoms with Crippen molar-refractivity contribution in [3.63, 3.8) is 0 Å². The van der Waals surface area contributed by atoms with Gasteiger partial charge in [0.25, 0.3) is 0 Å². The molecule has 0 N–H and O–H groups in total. The van der Waals surface area contributed by atoms with E-state index >= 15 is 0 Å². The molecule has 0 bridgehead atoms. The summed E-state index contributed by atoms with van der Waals surface area (Å²) in [6, 6.07) is 20.8. The molecule has 0 fully saturated rings. The molecule has 0 heterocycles. The smallest absolute Gasteiger partial charge is 0.203 e. The number of ketones is 1. The van der Waals surface area contributed by atoms with Crippen LogP contribution in [0.15, 0.2) is 72.3 Å². The van der Waals surface area contributed by atoms with Crippen LogP contribution in [0, 0.1) is 11.3 Å². The molecule has 0 spiro atoms. The van der Waals surface area contributed by atoms with Crippen molar-refractivity contribution in [3.05, 3.63) is 104 Å². The largest absolute Gasteiger partial charge is 0.488 e. The molecule has 29 heavy (non-hydrogen) atoms. The molecule has 0 atom stereocenters. The third-order valence-corrected chi connectivity index (χ3v) is 5.03. The van der Waals surface area contributed by atoms with Crippen molar-refractivity contribution < 1.29 is 9.53 Å². The second-order valence-corrected chi connectivity index (χ2v) is 7.34. The van der Waals surface area contributed by atoms with Crippen molar-refractivity contribution in [2.45, 2.75) is 6.61 Å². The van der Waals surface area contributed by atoms with E-state index in [2.05, 4.69) is 0 Å². The number of benzene rings is 3. The van der Waals surface area contributed by atoms with Crippen LogP contribution >= 0.6 is 34.8 Å². The Balaban J connectivity index is 1.89. The number of hydrogen-bond acceptors (Lipinski definition) is 3. The van der Waals surface area contributed by atoms with E-state index in [1.807, 2.05) is 6.07 Å². The topological polar surface area (TPSA) is 50.1 Å². The Labute approximate surface area is 183 Å². The highest BCUT2D eigenvalue weighted by Gasteiger charge is 2.13. The van der Waals surface area contributed by atoms with Gasteiger partial charge in [-0.3, -0.25) is 4.79 Å². The van der Waals surface area contributed by atoms with E-state index in [0.29, 0.717) is 31.9 Å². The lowest BCUT2D eigenvalue weighted by Gasteiger charge is -2.11. The van der Waals surface area contributed by atoms with Gasteiger partial charge in [0.2, 0.25) is 5.78 Å². The summed E-state index contributed by atoms with van der Waals surface area (Å²) in [7, 11) is 0. The number of hydrogen-bond donors (Lipinski definition) is 0. The van der Waals surface area contributed by atoms with Crippen LogP contribution in [0.3, 0.4) is 0 Å². The van der Waals surface area contributed by atoms with E-state index in [4.69, 9.17) is 39.5 Å². The van der Waals surface area contributed by atoms with Crippen molar-refractivity contribution in [3.8, 4) is 11.8 Å². The summed E-state index contributed by atoms with van der Waals surface area (Å²) < 4.78 is 5.88. The second kappa shape index (κ2) is 9.62. The van der Waals surface area contributed by atoms with Crippen LogP contribution in [-0.4, -0.2) is 5.78 Å². The summed E-state index contributed by atoms with van der Waals surface area (Å²) in [4.78, 5) is 12.6. The average molecular weight is 443 g/mol. The summed E-state index contributed by atoms with van der Waals surface area (Å²) in [5.74, 6) is 0.109. The van der Waals surface area contributed by atoms with Gasteiger partial charge < -0.3 is 4.74 Å². The molecule has 0 aliphatic rings. The first-order chi connectivity index (χ1) is 14.0. The molecule has 6 heteroatoms. The first kappa shape index (κ1) is 21.0. The molecule has 3 aromatic carbocycles. The number of ether oxygens (including phenoxy) is 1. The normalized spacial score (nSPS) is 11.0. The fraction of sp³-hybridized carbons (Fsp3) is 0.0435. The lowest BCUT2D eigenvalue weighted by molar-refractivity contribution is 0.104. The van der Waals surface area contributed by atoms with Gasteiger partial charge in [0, 0.05) is 16.1 Å². The zero-order valence-corrected chi connectivity index (χ0v) is 17.3. The number of rotatable bonds is 6. The van der Waals surface area contributed by atoms with E-state index in [-0.39, 0.29) is 18.0 Å². The first-order valence-electron chi connectivity index (χ1n) is 8.56. The highest BCUT2D eigenvalue weighted by molar-refractivity contribution is 6.42. The predicted octanol–water partition coefficient (Wildman–Crippen LogP) is 7.02. The van der Waals surface area contributed by atoms with Crippen LogP contribution in [0.25, 0.3) is 6.08 Å². The molecule has 3 rings (SSSR count). The van der Waals surface area contributed by atoms with Crippen LogP contribution < -0.4 is 4.74 Å². The number of halogens is 3. The lowest BCUT2D eigenvalue weighted by Crippen LogP contribution is -2.02. The van der Waals surface area contributed by atoms with Gasteiger partial charge in [-0.05, 0) is 42.0 Å². The zero-order valence-electron chi connectivity index (χ0n) is 15.0. The van der Waals surface area contributed by atoms with Crippen LogP contribution in [0.2, 0.25) is 15.1 Å². The Morgan fingerprint density at radius 3 is 2.41 bits per heavy atom. The summed E-state index contributed by atoms with van der Waals surface area (Å²) in [6.07, 6.45) is 1.48. The fourth-order valence-electron chi connectivity index (χ4n) is 2.60. The van der Waals surface area contributed by atoms with E-state index in [1.54, 1.807) is 66.7 Å². The number of Topliss-reactive ketones (excluding diaryl/α,β-unsaturated/α-hetero) is 1. The van der Waals surface area contributed by atoms with Crippen LogP contribution in [0.1, 0.15) is 21.5 Å². The monoisotopic (exact) mass is 441 g/mol. The molecule has 0 unspecified atom stereocenters. The van der Waals surface area contributed by atoms with Gasteiger partial charge >= 0.3 is 0 Å². The van der Waals surface area contributed by atoms with Crippen LogP contribution in [0.4, 0.5) is 0 Å². The molecule has 0 radical (unpaired) electrons. The van der Waals surface area contributed by atoms with E-state index in [9.17, 15) is 10.1 Å². The molecule has 0 aliphatic carbocycles. The molecule has 0 aliphatic heterocycles. The van der Waals surface area contributed by atoms with Crippen molar-refractivity contribution in [2.75, 3.05) is 0 Å². The quantitative estimate of drug-likeness (QED) is 0.234. The van der Waals surface area contributed by atoms with Crippen LogP contribution in [0.5, 0.6) is 5.75 Å². The Morgan fingerprint density at radius 2 is 1.72 bits per heavy atom. The van der Waals surface area contributed by atoms with E-state index in [1.165, 1.54) is 6.08 Å². The Bertz CT molecular complexity index is 1120. The predicted molar refractivity (Wildman–Crippen MR) is 117 cm³/mol. The second-order valence-electron chi connectivity index (χ2n) is 6.08. The molecule has 0 saturated carbocycles. The van der Waals surface area contributed by atoms with Gasteiger partial charge in [-0.2, -0.15) is 5.26 Å². The van der Waals surface area contributed by atoms with Gasteiger partial charge in [0.05, 0.1) is 10.0 Å². The standard InChI is InChI=1S/C23H14Cl3NO2/c24-19-7-9-22(29-14-15-6-8-20(25)21(26)10-15)17(12-19)11-18(13-27)23(28)16-4-2-1-3-5-16/h1-12H,14H2/b18-11+. The Morgan fingerprint density at radius 1 is 0.966 bits per heavy atom. The van der Waals surface area contributed by atoms with Gasteiger partial charge in [0.1, 0.15) is 24.0 Å². The summed E-state index contributed by atoms with van der Waals surface area (Å²) in [5.41, 5.74) is 1.77. The summed E-state index contributed by atoms with van der Waals surface area (Å²) in [6.45, 7) is 0.230. The SMILES string of the molecule is N#C/C(=C\c1cc(Cl)ccc1OCc1ccc(Cl)c(Cl)c1)C(=O)c1ccccc1. The maximum Gasteiger partial charge on any atom is 0.203 e. The van der Waals surface area contributed by atoms with Crippen molar-refractivity contribution in [1.82, 2.24) is 0 Å². The molecular formula is C23H14Cl3NO2. The van der Waals surface area contributed by atoms with E-state index < -0.39 is 0 Å². The number of allylic oxidation sites excluding steroid dienone is 1. The molecule has 0 aromatic heterocycles.